The molecule has 0 saturated carbocycles. The third-order valence-corrected chi connectivity index (χ3v) is 11.6. The first-order valence-electron chi connectivity index (χ1n) is 21.2. The van der Waals surface area contributed by atoms with E-state index in [0.29, 0.717) is 49.3 Å². The minimum Gasteiger partial charge on any atom is -0.370 e. The van der Waals surface area contributed by atoms with Crippen LogP contribution in [0.5, 0.6) is 0 Å². The van der Waals surface area contributed by atoms with Crippen LogP contribution in [-0.4, -0.2) is 100 Å². The topological polar surface area (TPSA) is 189 Å². The predicted octanol–water partition coefficient (Wildman–Crippen LogP) is 5.95. The minimum absolute atomic E-state index is 0.0383. The second-order valence-electron chi connectivity index (χ2n) is 16.0. The second-order valence-corrected chi connectivity index (χ2v) is 16.0. The molecule has 65 heavy (non-hydrogen) atoms. The van der Waals surface area contributed by atoms with E-state index in [4.69, 9.17) is 0 Å². The summed E-state index contributed by atoms with van der Waals surface area (Å²) in [6.45, 7) is 5.11. The number of benzene rings is 3. The number of hydrogen-bond donors (Lipinski definition) is 6. The number of nitrogens with one attached hydrogen (secondary N) is 6. The standard InChI is InChI=1S/C45H46F4N12O4/c46-33-4-2-1-3-31(33)42(63)53-29-7-5-28(6-8-29)52-41-36(49)25-51-45(57-41)54-30-9-10-32(34(47)23-30)43(64)58-61-17-14-27(15-18-61)13-16-59-19-21-60(22-20-59)39-24-35(48)38(26-50-39)55-37-11-12-40(62)56-44(37)65/h1-10,23-27,37,55H,11-22H2,(H,53,63)(H,58,64)(H,56,62,65)(H2,51,52,54,57). The Morgan fingerprint density at radius 2 is 1.43 bits per heavy atom. The third-order valence-electron chi connectivity index (χ3n) is 11.6. The number of imide groups is 1. The third kappa shape index (κ3) is 11.3. The van der Waals surface area contributed by atoms with E-state index in [0.717, 1.165) is 51.2 Å². The molecule has 3 aromatic carbocycles. The first-order chi connectivity index (χ1) is 31.4. The Morgan fingerprint density at radius 1 is 0.708 bits per heavy atom. The lowest BCUT2D eigenvalue weighted by Gasteiger charge is -2.37. The maximum Gasteiger partial charge on any atom is 0.268 e. The number of nitrogens with zero attached hydrogens (tertiary/aromatic N) is 6. The summed E-state index contributed by atoms with van der Waals surface area (Å²) < 4.78 is 58.9. The van der Waals surface area contributed by atoms with E-state index in [9.17, 15) is 32.3 Å². The molecule has 5 heterocycles. The smallest absolute Gasteiger partial charge is 0.268 e. The number of hydrogen-bond acceptors (Lipinski definition) is 13. The lowest BCUT2D eigenvalue weighted by atomic mass is 9.94. The van der Waals surface area contributed by atoms with Crippen molar-refractivity contribution >= 4 is 64.0 Å². The van der Waals surface area contributed by atoms with Gasteiger partial charge in [0.05, 0.1) is 29.2 Å². The molecule has 4 amide bonds. The lowest BCUT2D eigenvalue weighted by Crippen LogP contribution is -2.48. The van der Waals surface area contributed by atoms with Crippen molar-refractivity contribution in [1.29, 1.82) is 0 Å². The molecular formula is C45H46F4N12O4. The van der Waals surface area contributed by atoms with Gasteiger partial charge in [-0.1, -0.05) is 12.1 Å². The average Bonchev–Trinajstić information content (AvgIpc) is 3.29. The van der Waals surface area contributed by atoms with Crippen LogP contribution < -0.4 is 36.9 Å². The molecule has 3 aliphatic rings. The Labute approximate surface area is 371 Å². The highest BCUT2D eigenvalue weighted by Crippen LogP contribution is 2.26. The number of hydrazine groups is 1. The Bertz CT molecular complexity index is 2550. The van der Waals surface area contributed by atoms with Crippen molar-refractivity contribution < 1.29 is 36.7 Å². The Balaban J connectivity index is 0.749. The summed E-state index contributed by atoms with van der Waals surface area (Å²) in [5.41, 5.74) is 3.73. The van der Waals surface area contributed by atoms with Gasteiger partial charge in [0.15, 0.2) is 17.5 Å². The van der Waals surface area contributed by atoms with E-state index in [-0.39, 0.29) is 53.0 Å². The van der Waals surface area contributed by atoms with Gasteiger partial charge in [0.25, 0.3) is 11.8 Å². The number of carbonyl (C=O) groups is 4. The van der Waals surface area contributed by atoms with Crippen LogP contribution in [0.2, 0.25) is 0 Å². The molecule has 16 nitrogen and oxygen atoms in total. The van der Waals surface area contributed by atoms with Gasteiger partial charge in [-0.2, -0.15) is 4.98 Å². The largest absolute Gasteiger partial charge is 0.370 e. The number of rotatable bonds is 14. The van der Waals surface area contributed by atoms with E-state index in [1.165, 1.54) is 42.6 Å². The first kappa shape index (κ1) is 44.4. The molecule has 3 fully saturated rings. The van der Waals surface area contributed by atoms with Gasteiger partial charge in [-0.25, -0.2) is 32.5 Å². The maximum atomic E-state index is 15.3. The van der Waals surface area contributed by atoms with Crippen molar-refractivity contribution in [3.05, 3.63) is 120 Å². The van der Waals surface area contributed by atoms with Gasteiger partial charge < -0.3 is 26.2 Å². The van der Waals surface area contributed by atoms with Crippen LogP contribution in [0.3, 0.4) is 0 Å². The average molecular weight is 895 g/mol. The van der Waals surface area contributed by atoms with Crippen LogP contribution in [0.4, 0.5) is 57.9 Å². The van der Waals surface area contributed by atoms with Crippen LogP contribution in [0.15, 0.2) is 85.2 Å². The molecule has 0 radical (unpaired) electrons. The van der Waals surface area contributed by atoms with Crippen molar-refractivity contribution in [2.24, 2.45) is 5.92 Å². The summed E-state index contributed by atoms with van der Waals surface area (Å²) in [7, 11) is 0. The summed E-state index contributed by atoms with van der Waals surface area (Å²) in [5.74, 6) is -3.94. The molecule has 20 heteroatoms. The molecule has 6 N–H and O–H groups in total. The fourth-order valence-corrected chi connectivity index (χ4v) is 7.86. The Morgan fingerprint density at radius 3 is 2.15 bits per heavy atom. The normalized spacial score (nSPS) is 17.3. The van der Waals surface area contributed by atoms with E-state index in [1.807, 2.05) is 4.90 Å². The summed E-state index contributed by atoms with van der Waals surface area (Å²) in [6, 6.07) is 16.5. The monoisotopic (exact) mass is 894 g/mol. The van der Waals surface area contributed by atoms with E-state index >= 15 is 4.39 Å². The van der Waals surface area contributed by atoms with Gasteiger partial charge in [0.1, 0.15) is 23.5 Å². The highest BCUT2D eigenvalue weighted by Gasteiger charge is 2.28. The number of amides is 4. The summed E-state index contributed by atoms with van der Waals surface area (Å²) in [5, 5.41) is 15.2. The van der Waals surface area contributed by atoms with E-state index in [1.54, 1.807) is 35.3 Å². The molecule has 5 aromatic rings. The molecule has 1 unspecified atom stereocenters. The summed E-state index contributed by atoms with van der Waals surface area (Å²) in [4.78, 5) is 66.0. The van der Waals surface area contributed by atoms with Crippen molar-refractivity contribution in [2.45, 2.75) is 38.1 Å². The highest BCUT2D eigenvalue weighted by molar-refractivity contribution is 6.04. The van der Waals surface area contributed by atoms with Gasteiger partial charge in [-0.3, -0.25) is 34.8 Å². The number of carbonyl (C=O) groups excluding carboxylic acids is 4. The summed E-state index contributed by atoms with van der Waals surface area (Å²) >= 11 is 0. The van der Waals surface area contributed by atoms with E-state index < -0.39 is 47.0 Å². The molecule has 0 aliphatic carbocycles. The SMILES string of the molecule is O=C1CCC(Nc2cnc(N3CCN(CCC4CCN(NC(=O)c5ccc(Nc6ncc(F)c(Nc7ccc(NC(=O)c8ccccc8F)cc7)n6)cc5F)CC4)CC3)cc2F)C(=O)N1. The lowest BCUT2D eigenvalue weighted by molar-refractivity contribution is -0.133. The number of anilines is 7. The van der Waals surface area contributed by atoms with Crippen molar-refractivity contribution in [1.82, 2.24) is 35.6 Å². The number of aromatic nitrogens is 3. The van der Waals surface area contributed by atoms with Gasteiger partial charge >= 0.3 is 0 Å². The van der Waals surface area contributed by atoms with Crippen LogP contribution in [-0.2, 0) is 9.59 Å². The van der Waals surface area contributed by atoms with Crippen LogP contribution in [0.1, 0.15) is 52.8 Å². The predicted molar refractivity (Wildman–Crippen MR) is 235 cm³/mol. The zero-order valence-corrected chi connectivity index (χ0v) is 35.1. The zero-order chi connectivity index (χ0) is 45.5. The summed E-state index contributed by atoms with van der Waals surface area (Å²) in [6.07, 6.45) is 5.53. The first-order valence-corrected chi connectivity index (χ1v) is 21.2. The molecule has 338 valence electrons. The fourth-order valence-electron chi connectivity index (χ4n) is 7.86. The molecule has 8 rings (SSSR count). The Hall–Kier alpha value is -7.19. The zero-order valence-electron chi connectivity index (χ0n) is 35.1. The van der Waals surface area contributed by atoms with Gasteiger partial charge in [0, 0.05) is 68.8 Å². The van der Waals surface area contributed by atoms with Crippen LogP contribution >= 0.6 is 0 Å². The molecule has 0 bridgehead atoms. The molecule has 1 atom stereocenters. The van der Waals surface area contributed by atoms with E-state index in [2.05, 4.69) is 51.9 Å². The number of piperidine rings is 2. The van der Waals surface area contributed by atoms with Gasteiger partial charge in [-0.15, -0.1) is 0 Å². The molecule has 2 aromatic heterocycles. The van der Waals surface area contributed by atoms with Crippen molar-refractivity contribution in [2.75, 3.05) is 72.0 Å². The quantitative estimate of drug-likeness (QED) is 0.0567. The number of pyridine rings is 1. The van der Waals surface area contributed by atoms with Crippen LogP contribution in [0, 0.1) is 29.2 Å². The second kappa shape index (κ2) is 20.1. The molecule has 0 spiro atoms. The van der Waals surface area contributed by atoms with Gasteiger partial charge in [0.2, 0.25) is 17.8 Å². The minimum atomic E-state index is -0.773. The van der Waals surface area contributed by atoms with Crippen LogP contribution in [0.25, 0.3) is 0 Å². The maximum absolute atomic E-state index is 15.3. The molecule has 3 saturated heterocycles. The molecule has 3 aliphatic heterocycles. The Kier molecular flexibility index (Phi) is 13.7. The number of piperazine rings is 1. The van der Waals surface area contributed by atoms with Crippen molar-refractivity contribution in [3.8, 4) is 0 Å². The van der Waals surface area contributed by atoms with Gasteiger partial charge in [-0.05, 0) is 92.7 Å². The fraction of sp³-hybridized carbons (Fsp3) is 0.311. The highest BCUT2D eigenvalue weighted by atomic mass is 19.1. The van der Waals surface area contributed by atoms with Crippen molar-refractivity contribution in [3.63, 3.8) is 0 Å². The number of halogens is 4. The molecular weight excluding hydrogens is 849 g/mol.